The maximum Gasteiger partial charge on any atom is 0.435 e. The standard InChI is InChI=1S/C20H19F3N4O2.ClH/c1-29-16-8-6-15(7-9-16)27-17(10-18(26-27)20(21,22)23)14-4-2-13(3-5-14)12-25-19(28)11-24;/h2-10H,11-12,24H2,1H3,(H,25,28);1H. The van der Waals surface area contributed by atoms with Gasteiger partial charge < -0.3 is 15.8 Å². The van der Waals surface area contributed by atoms with E-state index in [0.29, 0.717) is 22.7 Å². The van der Waals surface area contributed by atoms with Gasteiger partial charge in [0.2, 0.25) is 5.91 Å². The lowest BCUT2D eigenvalue weighted by Crippen LogP contribution is -2.29. The van der Waals surface area contributed by atoms with E-state index >= 15 is 0 Å². The first-order valence-corrected chi connectivity index (χ1v) is 8.69. The van der Waals surface area contributed by atoms with Crippen LogP contribution < -0.4 is 15.8 Å². The molecule has 0 aliphatic heterocycles. The summed E-state index contributed by atoms with van der Waals surface area (Å²) in [6.45, 7) is 0.168. The Balaban J connectivity index is 0.00000320. The monoisotopic (exact) mass is 440 g/mol. The predicted octanol–water partition coefficient (Wildman–Crippen LogP) is 3.56. The number of halogens is 4. The highest BCUT2D eigenvalue weighted by Crippen LogP contribution is 2.33. The lowest BCUT2D eigenvalue weighted by Gasteiger charge is -2.10. The second-order valence-electron chi connectivity index (χ2n) is 6.20. The summed E-state index contributed by atoms with van der Waals surface area (Å²) in [5, 5.41) is 6.39. The first-order chi connectivity index (χ1) is 13.8. The summed E-state index contributed by atoms with van der Waals surface area (Å²) < 4.78 is 46.1. The molecule has 0 saturated carbocycles. The van der Waals surface area contributed by atoms with Crippen LogP contribution in [0.4, 0.5) is 13.2 Å². The van der Waals surface area contributed by atoms with Gasteiger partial charge in [-0.05, 0) is 35.9 Å². The Hall–Kier alpha value is -3.04. The van der Waals surface area contributed by atoms with Crippen molar-refractivity contribution in [2.75, 3.05) is 13.7 Å². The number of hydrogen-bond donors (Lipinski definition) is 2. The van der Waals surface area contributed by atoms with Crippen LogP contribution in [0.1, 0.15) is 11.3 Å². The lowest BCUT2D eigenvalue weighted by atomic mass is 10.1. The maximum atomic E-state index is 13.3. The molecule has 3 aromatic rings. The molecule has 0 unspecified atom stereocenters. The van der Waals surface area contributed by atoms with Crippen molar-refractivity contribution in [2.45, 2.75) is 12.7 Å². The topological polar surface area (TPSA) is 82.2 Å². The Morgan fingerprint density at radius 2 is 1.77 bits per heavy atom. The number of nitrogens with one attached hydrogen (secondary N) is 1. The van der Waals surface area contributed by atoms with E-state index in [1.165, 1.54) is 11.8 Å². The van der Waals surface area contributed by atoms with Crippen molar-refractivity contribution in [3.05, 3.63) is 65.9 Å². The molecular formula is C20H20ClF3N4O2. The van der Waals surface area contributed by atoms with Gasteiger partial charge in [-0.1, -0.05) is 24.3 Å². The average molecular weight is 441 g/mol. The zero-order valence-electron chi connectivity index (χ0n) is 15.9. The van der Waals surface area contributed by atoms with Crippen molar-refractivity contribution in [1.82, 2.24) is 15.1 Å². The number of hydrogen-bond acceptors (Lipinski definition) is 4. The van der Waals surface area contributed by atoms with E-state index in [0.717, 1.165) is 11.6 Å². The Kier molecular flexibility index (Phi) is 7.47. The number of nitrogens with zero attached hydrogens (tertiary/aromatic N) is 2. The van der Waals surface area contributed by atoms with Crippen LogP contribution in [0.15, 0.2) is 54.6 Å². The normalized spacial score (nSPS) is 11.0. The Morgan fingerprint density at radius 1 is 1.13 bits per heavy atom. The zero-order chi connectivity index (χ0) is 21.0. The van der Waals surface area contributed by atoms with Gasteiger partial charge in [0, 0.05) is 12.1 Å². The zero-order valence-corrected chi connectivity index (χ0v) is 16.8. The van der Waals surface area contributed by atoms with Crippen LogP contribution >= 0.6 is 12.4 Å². The number of benzene rings is 2. The number of amides is 1. The fourth-order valence-corrected chi connectivity index (χ4v) is 2.71. The summed E-state index contributed by atoms with van der Waals surface area (Å²) in [6.07, 6.45) is -4.57. The second-order valence-corrected chi connectivity index (χ2v) is 6.20. The van der Waals surface area contributed by atoms with Crippen molar-refractivity contribution >= 4 is 18.3 Å². The molecule has 0 aliphatic carbocycles. The predicted molar refractivity (Wildman–Crippen MR) is 109 cm³/mol. The van der Waals surface area contributed by atoms with E-state index in [1.54, 1.807) is 48.5 Å². The van der Waals surface area contributed by atoms with Gasteiger partial charge in [-0.3, -0.25) is 4.79 Å². The smallest absolute Gasteiger partial charge is 0.435 e. The minimum absolute atomic E-state index is 0. The van der Waals surface area contributed by atoms with E-state index in [2.05, 4.69) is 10.4 Å². The molecule has 0 fully saturated rings. The molecule has 3 N–H and O–H groups in total. The van der Waals surface area contributed by atoms with E-state index < -0.39 is 11.9 Å². The molecule has 0 saturated heterocycles. The summed E-state index contributed by atoms with van der Waals surface area (Å²) in [5.74, 6) is 0.295. The largest absolute Gasteiger partial charge is 0.497 e. The molecule has 0 spiro atoms. The molecule has 0 atom stereocenters. The fraction of sp³-hybridized carbons (Fsp3) is 0.200. The highest BCUT2D eigenvalue weighted by Gasteiger charge is 2.35. The van der Waals surface area contributed by atoms with Crippen LogP contribution in [0, 0.1) is 0 Å². The quantitative estimate of drug-likeness (QED) is 0.614. The van der Waals surface area contributed by atoms with Crippen molar-refractivity contribution in [2.24, 2.45) is 5.73 Å². The molecule has 160 valence electrons. The van der Waals surface area contributed by atoms with E-state index in [4.69, 9.17) is 10.5 Å². The van der Waals surface area contributed by atoms with Crippen LogP contribution in [0.2, 0.25) is 0 Å². The summed E-state index contributed by atoms with van der Waals surface area (Å²) in [4.78, 5) is 11.3. The molecule has 0 radical (unpaired) electrons. The van der Waals surface area contributed by atoms with Gasteiger partial charge in [0.15, 0.2) is 5.69 Å². The van der Waals surface area contributed by atoms with E-state index in [1.807, 2.05) is 0 Å². The first-order valence-electron chi connectivity index (χ1n) is 8.69. The van der Waals surface area contributed by atoms with Gasteiger partial charge in [-0.15, -0.1) is 12.4 Å². The number of carbonyl (C=O) groups excluding carboxylic acids is 1. The van der Waals surface area contributed by atoms with Crippen molar-refractivity contribution < 1.29 is 22.7 Å². The Bertz CT molecular complexity index is 987. The molecule has 1 heterocycles. The molecule has 1 amide bonds. The first kappa shape index (κ1) is 23.2. The lowest BCUT2D eigenvalue weighted by molar-refractivity contribution is -0.141. The molecule has 10 heteroatoms. The third kappa shape index (κ3) is 5.31. The summed E-state index contributed by atoms with van der Waals surface area (Å²) in [5.41, 5.74) is 6.37. The van der Waals surface area contributed by atoms with Crippen LogP contribution in [0.3, 0.4) is 0 Å². The van der Waals surface area contributed by atoms with Crippen molar-refractivity contribution in [3.63, 3.8) is 0 Å². The van der Waals surface area contributed by atoms with Gasteiger partial charge in [0.05, 0.1) is 25.0 Å². The molecule has 3 rings (SSSR count). The highest BCUT2D eigenvalue weighted by atomic mass is 35.5. The van der Waals surface area contributed by atoms with Gasteiger partial charge in [0.25, 0.3) is 0 Å². The van der Waals surface area contributed by atoms with Gasteiger partial charge in [0.1, 0.15) is 5.75 Å². The third-order valence-electron chi connectivity index (χ3n) is 4.24. The van der Waals surface area contributed by atoms with E-state index in [9.17, 15) is 18.0 Å². The molecular weight excluding hydrogens is 421 g/mol. The average Bonchev–Trinajstić information content (AvgIpc) is 3.18. The minimum atomic E-state index is -4.57. The molecule has 6 nitrogen and oxygen atoms in total. The second kappa shape index (κ2) is 9.64. The summed E-state index contributed by atoms with van der Waals surface area (Å²) in [7, 11) is 1.51. The van der Waals surface area contributed by atoms with Gasteiger partial charge in [-0.2, -0.15) is 18.3 Å². The third-order valence-corrected chi connectivity index (χ3v) is 4.24. The van der Waals surface area contributed by atoms with Gasteiger partial charge >= 0.3 is 6.18 Å². The number of methoxy groups -OCH3 is 1. The van der Waals surface area contributed by atoms with Crippen LogP contribution in [-0.2, 0) is 17.5 Å². The Labute approximate surface area is 177 Å². The van der Waals surface area contributed by atoms with Crippen molar-refractivity contribution in [1.29, 1.82) is 0 Å². The molecule has 1 aromatic heterocycles. The van der Waals surface area contributed by atoms with Crippen LogP contribution in [0.5, 0.6) is 5.75 Å². The minimum Gasteiger partial charge on any atom is -0.497 e. The molecule has 0 aliphatic rings. The fourth-order valence-electron chi connectivity index (χ4n) is 2.71. The number of ether oxygens (including phenoxy) is 1. The molecule has 2 aromatic carbocycles. The highest BCUT2D eigenvalue weighted by molar-refractivity contribution is 5.85. The number of alkyl halides is 3. The molecule has 0 bridgehead atoms. The maximum absolute atomic E-state index is 13.3. The molecule has 30 heavy (non-hydrogen) atoms. The SMILES string of the molecule is COc1ccc(-n2nc(C(F)(F)F)cc2-c2ccc(CNC(=O)CN)cc2)cc1.Cl. The van der Waals surface area contributed by atoms with Crippen LogP contribution in [-0.4, -0.2) is 29.3 Å². The number of nitrogens with two attached hydrogens (primary N) is 1. The summed E-state index contributed by atoms with van der Waals surface area (Å²) >= 11 is 0. The number of carbonyl (C=O) groups is 1. The van der Waals surface area contributed by atoms with Gasteiger partial charge in [-0.25, -0.2) is 4.68 Å². The van der Waals surface area contributed by atoms with E-state index in [-0.39, 0.29) is 31.4 Å². The number of rotatable bonds is 6. The van der Waals surface area contributed by atoms with Crippen LogP contribution in [0.25, 0.3) is 16.9 Å². The van der Waals surface area contributed by atoms with Crippen molar-refractivity contribution in [3.8, 4) is 22.7 Å². The number of aromatic nitrogens is 2. The summed E-state index contributed by atoms with van der Waals surface area (Å²) in [6, 6.07) is 14.4. The Morgan fingerprint density at radius 3 is 2.30 bits per heavy atom.